The van der Waals surface area contributed by atoms with E-state index in [4.69, 9.17) is 5.26 Å². The fraction of sp³-hybridized carbons (Fsp3) is 0. The van der Waals surface area contributed by atoms with Crippen molar-refractivity contribution in [1.29, 1.82) is 5.26 Å². The maximum Gasteiger partial charge on any atom is 0.130 e. The van der Waals surface area contributed by atoms with E-state index in [1.54, 1.807) is 0 Å². The van der Waals surface area contributed by atoms with Gasteiger partial charge in [0.25, 0.3) is 0 Å². The van der Waals surface area contributed by atoms with E-state index in [9.17, 15) is 0 Å². The molecule has 4 heavy (non-hydrogen) atoms. The molecule has 0 saturated carbocycles. The normalized spacial score (nSPS) is 2.00. The smallest absolute Gasteiger partial charge is 0.130 e. The molecule has 0 spiro atoms. The molecule has 0 aromatic heterocycles. The van der Waals surface area contributed by atoms with E-state index in [1.807, 2.05) is 0 Å². The number of rotatable bonds is 0. The van der Waals surface area contributed by atoms with E-state index in [2.05, 4.69) is 12.6 Å². The van der Waals surface area contributed by atoms with Gasteiger partial charge in [-0.15, -0.1) is 0 Å². The summed E-state index contributed by atoms with van der Waals surface area (Å²) in [4.78, 5) is 0. The van der Waals surface area contributed by atoms with Gasteiger partial charge in [0.15, 0.2) is 0 Å². The summed E-state index contributed by atoms with van der Waals surface area (Å²) in [6.45, 7) is 0. The van der Waals surface area contributed by atoms with Crippen LogP contribution >= 0.6 is 12.6 Å². The molecule has 0 N–H and O–H groups in total. The second kappa shape index (κ2) is 9.30. The minimum atomic E-state index is 0. The van der Waals surface area contributed by atoms with Gasteiger partial charge in [0.1, 0.15) is 5.40 Å². The van der Waals surface area contributed by atoms with Crippen molar-refractivity contribution in [3.8, 4) is 5.40 Å². The van der Waals surface area contributed by atoms with Gasteiger partial charge >= 0.3 is 0 Å². The number of thiocyanates is 1. The molecule has 0 rings (SSSR count). The molecule has 0 aliphatic carbocycles. The molecule has 0 amide bonds. The number of hydrogen-bond acceptors (Lipinski definition) is 2. The first kappa shape index (κ1) is 8.83. The Kier molecular flexibility index (Phi) is 20.5. The summed E-state index contributed by atoms with van der Waals surface area (Å²) in [6.07, 6.45) is 0. The Hall–Kier alpha value is 0.723. The van der Waals surface area contributed by atoms with Gasteiger partial charge < -0.3 is 0 Å². The van der Waals surface area contributed by atoms with Crippen LogP contribution in [-0.4, -0.2) is 26.2 Å². The van der Waals surface area contributed by atoms with Gasteiger partial charge in [-0.1, -0.05) is 12.6 Å². The van der Waals surface area contributed by atoms with Crippen molar-refractivity contribution in [2.24, 2.45) is 0 Å². The first-order valence-corrected chi connectivity index (χ1v) is 0.894. The van der Waals surface area contributed by atoms with Gasteiger partial charge in [-0.25, -0.2) is 0 Å². The summed E-state index contributed by atoms with van der Waals surface area (Å²) in [5, 5.41) is 8.63. The van der Waals surface area contributed by atoms with Crippen molar-refractivity contribution >= 4 is 38.8 Å². The molecule has 21 valence electrons. The van der Waals surface area contributed by atoms with E-state index in [1.165, 1.54) is 5.40 Å². The third kappa shape index (κ3) is 15.5. The Bertz CT molecular complexity index is 29.5. The summed E-state index contributed by atoms with van der Waals surface area (Å²) in [6, 6.07) is 0. The monoisotopic (exact) mass is 268 g/mol. The summed E-state index contributed by atoms with van der Waals surface area (Å²) in [7, 11) is 0. The molecule has 0 aromatic rings. The fourth-order valence-electron chi connectivity index (χ4n) is 0. The second-order valence-electron chi connectivity index (χ2n) is 0.100. The zero-order chi connectivity index (χ0) is 2.71. The zero-order valence-electron chi connectivity index (χ0n) is 1.84. The number of nitriles is 1. The van der Waals surface area contributed by atoms with Crippen LogP contribution in [0.5, 0.6) is 0 Å². The SMILES string of the molecule is N#CS.[Bi]. The molecule has 0 bridgehead atoms. The predicted molar refractivity (Wildman–Crippen MR) is 20.4 cm³/mol. The number of nitrogens with zero attached hydrogens (tertiary/aromatic N) is 1. The summed E-state index contributed by atoms with van der Waals surface area (Å²) in [5.74, 6) is 0. The summed E-state index contributed by atoms with van der Waals surface area (Å²) >= 11 is 3.09. The average molecular weight is 268 g/mol. The van der Waals surface area contributed by atoms with Crippen molar-refractivity contribution < 1.29 is 0 Å². The predicted octanol–water partition coefficient (Wildman–Crippen LogP) is 0.0165. The van der Waals surface area contributed by atoms with Crippen LogP contribution in [0.4, 0.5) is 0 Å². The molecular formula is CHBiNS. The van der Waals surface area contributed by atoms with Gasteiger partial charge in [-0.3, -0.25) is 0 Å². The van der Waals surface area contributed by atoms with Gasteiger partial charge in [0.05, 0.1) is 0 Å². The van der Waals surface area contributed by atoms with Crippen LogP contribution < -0.4 is 0 Å². The van der Waals surface area contributed by atoms with Crippen molar-refractivity contribution in [3.05, 3.63) is 0 Å². The molecule has 3 heteroatoms. The van der Waals surface area contributed by atoms with E-state index in [-0.39, 0.29) is 26.2 Å². The molecule has 0 aliphatic heterocycles. The minimum absolute atomic E-state index is 0. The Balaban J connectivity index is 0. The van der Waals surface area contributed by atoms with E-state index in [0.717, 1.165) is 0 Å². The first-order chi connectivity index (χ1) is 1.41. The van der Waals surface area contributed by atoms with E-state index >= 15 is 0 Å². The van der Waals surface area contributed by atoms with Crippen molar-refractivity contribution in [2.75, 3.05) is 0 Å². The fourth-order valence-corrected chi connectivity index (χ4v) is 0. The Morgan fingerprint density at radius 2 is 1.75 bits per heavy atom. The molecular weight excluding hydrogens is 267 g/mol. The van der Waals surface area contributed by atoms with Crippen LogP contribution in [0.1, 0.15) is 0 Å². The molecule has 0 aliphatic rings. The van der Waals surface area contributed by atoms with Crippen LogP contribution in [0.25, 0.3) is 0 Å². The van der Waals surface area contributed by atoms with Crippen molar-refractivity contribution in [3.63, 3.8) is 0 Å². The van der Waals surface area contributed by atoms with Crippen LogP contribution in [0.3, 0.4) is 0 Å². The van der Waals surface area contributed by atoms with Gasteiger partial charge in [0, 0.05) is 26.2 Å². The first-order valence-electron chi connectivity index (χ1n) is 0.447. The molecule has 0 fully saturated rings. The number of thiol groups is 1. The Morgan fingerprint density at radius 3 is 1.75 bits per heavy atom. The average Bonchev–Trinajstić information content (AvgIpc) is 0.918. The van der Waals surface area contributed by atoms with Gasteiger partial charge in [-0.2, -0.15) is 5.26 Å². The molecule has 0 aromatic carbocycles. The standard InChI is InChI=1S/CHNS.Bi/c2-1-3;/h3H;. The molecule has 3 radical (unpaired) electrons. The van der Waals surface area contributed by atoms with E-state index < -0.39 is 0 Å². The summed E-state index contributed by atoms with van der Waals surface area (Å²) < 4.78 is 0. The second-order valence-corrected chi connectivity index (χ2v) is 0.300. The molecule has 0 saturated heterocycles. The molecule has 0 unspecified atom stereocenters. The molecule has 0 heterocycles. The van der Waals surface area contributed by atoms with Crippen LogP contribution in [0.15, 0.2) is 0 Å². The maximum atomic E-state index is 7.18. The zero-order valence-corrected chi connectivity index (χ0v) is 6.21. The van der Waals surface area contributed by atoms with Crippen LogP contribution in [-0.2, 0) is 0 Å². The van der Waals surface area contributed by atoms with Gasteiger partial charge in [0.2, 0.25) is 0 Å². The maximum absolute atomic E-state index is 7.18. The summed E-state index contributed by atoms with van der Waals surface area (Å²) in [5.41, 5.74) is 0. The van der Waals surface area contributed by atoms with E-state index in [0.29, 0.717) is 0 Å². The molecule has 1 nitrogen and oxygen atoms in total. The minimum Gasteiger partial charge on any atom is -0.185 e. The quantitative estimate of drug-likeness (QED) is 0.373. The third-order valence-corrected chi connectivity index (χ3v) is 0. The van der Waals surface area contributed by atoms with Gasteiger partial charge in [-0.05, 0) is 0 Å². The van der Waals surface area contributed by atoms with Crippen LogP contribution in [0, 0.1) is 10.7 Å². The van der Waals surface area contributed by atoms with Crippen molar-refractivity contribution in [1.82, 2.24) is 0 Å². The Labute approximate surface area is 49.5 Å². The largest absolute Gasteiger partial charge is 0.185 e. The number of hydrogen-bond donors (Lipinski definition) is 1. The molecule has 0 atom stereocenters. The van der Waals surface area contributed by atoms with Crippen molar-refractivity contribution in [2.45, 2.75) is 0 Å². The third-order valence-electron chi connectivity index (χ3n) is 0. The Morgan fingerprint density at radius 1 is 1.75 bits per heavy atom. The topological polar surface area (TPSA) is 23.8 Å². The van der Waals surface area contributed by atoms with Crippen LogP contribution in [0.2, 0.25) is 0 Å².